The number of nitrogens with zero attached hydrogens (tertiary/aromatic N) is 1. The first-order valence-electron chi connectivity index (χ1n) is 6.29. The van der Waals surface area contributed by atoms with Crippen molar-refractivity contribution >= 4 is 23.1 Å². The molecule has 4 heteroatoms. The van der Waals surface area contributed by atoms with Gasteiger partial charge in [0.1, 0.15) is 5.01 Å². The molecule has 1 N–H and O–H groups in total. The number of benzene rings is 1. The Labute approximate surface area is 116 Å². The molecule has 0 spiro atoms. The SMILES string of the molecule is CCSc1ccc(-c2nc3c(s2)CNCC3)cc1. The van der Waals surface area contributed by atoms with Gasteiger partial charge in [0.15, 0.2) is 0 Å². The van der Waals surface area contributed by atoms with Gasteiger partial charge in [0, 0.05) is 34.8 Å². The van der Waals surface area contributed by atoms with Crippen LogP contribution < -0.4 is 5.32 Å². The fourth-order valence-electron chi connectivity index (χ4n) is 2.11. The van der Waals surface area contributed by atoms with Gasteiger partial charge < -0.3 is 5.32 Å². The van der Waals surface area contributed by atoms with Gasteiger partial charge in [0.05, 0.1) is 5.69 Å². The summed E-state index contributed by atoms with van der Waals surface area (Å²) in [5, 5.41) is 4.56. The van der Waals surface area contributed by atoms with E-state index in [2.05, 4.69) is 36.5 Å². The average Bonchev–Trinajstić information content (AvgIpc) is 2.84. The zero-order valence-electron chi connectivity index (χ0n) is 10.4. The van der Waals surface area contributed by atoms with E-state index in [9.17, 15) is 0 Å². The van der Waals surface area contributed by atoms with Crippen molar-refractivity contribution in [3.05, 3.63) is 34.8 Å². The molecule has 0 aliphatic carbocycles. The van der Waals surface area contributed by atoms with Gasteiger partial charge >= 0.3 is 0 Å². The quantitative estimate of drug-likeness (QED) is 0.868. The lowest BCUT2D eigenvalue weighted by Gasteiger charge is -2.09. The van der Waals surface area contributed by atoms with E-state index >= 15 is 0 Å². The van der Waals surface area contributed by atoms with Crippen molar-refractivity contribution in [1.82, 2.24) is 10.3 Å². The molecular weight excluding hydrogens is 260 g/mol. The number of hydrogen-bond donors (Lipinski definition) is 1. The lowest BCUT2D eigenvalue weighted by atomic mass is 10.2. The molecule has 0 radical (unpaired) electrons. The Morgan fingerprint density at radius 1 is 1.33 bits per heavy atom. The lowest BCUT2D eigenvalue weighted by Crippen LogP contribution is -2.22. The Balaban J connectivity index is 1.87. The van der Waals surface area contributed by atoms with Crippen LogP contribution in [0, 0.1) is 0 Å². The van der Waals surface area contributed by atoms with E-state index in [1.807, 2.05) is 23.1 Å². The van der Waals surface area contributed by atoms with Crippen molar-refractivity contribution in [1.29, 1.82) is 0 Å². The van der Waals surface area contributed by atoms with E-state index in [0.29, 0.717) is 0 Å². The van der Waals surface area contributed by atoms with Crippen LogP contribution in [0.15, 0.2) is 29.2 Å². The molecule has 0 saturated heterocycles. The topological polar surface area (TPSA) is 24.9 Å². The minimum Gasteiger partial charge on any atom is -0.311 e. The third-order valence-electron chi connectivity index (χ3n) is 3.01. The van der Waals surface area contributed by atoms with Gasteiger partial charge in [0.2, 0.25) is 0 Å². The molecular formula is C14H16N2S2. The molecule has 0 unspecified atom stereocenters. The third kappa shape index (κ3) is 2.46. The number of nitrogens with one attached hydrogen (secondary N) is 1. The molecule has 18 heavy (non-hydrogen) atoms. The summed E-state index contributed by atoms with van der Waals surface area (Å²) in [7, 11) is 0. The summed E-state index contributed by atoms with van der Waals surface area (Å²) >= 11 is 3.71. The van der Waals surface area contributed by atoms with Gasteiger partial charge in [0.25, 0.3) is 0 Å². The number of thioether (sulfide) groups is 1. The van der Waals surface area contributed by atoms with Crippen molar-refractivity contribution in [2.45, 2.75) is 24.8 Å². The summed E-state index contributed by atoms with van der Waals surface area (Å²) < 4.78 is 0. The predicted molar refractivity (Wildman–Crippen MR) is 79.4 cm³/mol. The monoisotopic (exact) mass is 276 g/mol. The van der Waals surface area contributed by atoms with Crippen LogP contribution in [0.4, 0.5) is 0 Å². The molecule has 1 aliphatic rings. The Morgan fingerprint density at radius 3 is 2.89 bits per heavy atom. The van der Waals surface area contributed by atoms with Gasteiger partial charge in [-0.1, -0.05) is 19.1 Å². The van der Waals surface area contributed by atoms with Crippen LogP contribution in [0.25, 0.3) is 10.6 Å². The van der Waals surface area contributed by atoms with Crippen molar-refractivity contribution in [2.75, 3.05) is 12.3 Å². The molecule has 1 aromatic heterocycles. The maximum Gasteiger partial charge on any atom is 0.123 e. The first-order valence-corrected chi connectivity index (χ1v) is 8.09. The molecule has 3 rings (SSSR count). The van der Waals surface area contributed by atoms with Crippen LogP contribution in [0.3, 0.4) is 0 Å². The predicted octanol–water partition coefficient (Wildman–Crippen LogP) is 3.57. The first kappa shape index (κ1) is 12.2. The van der Waals surface area contributed by atoms with Gasteiger partial charge in [-0.2, -0.15) is 0 Å². The molecule has 0 amide bonds. The second kappa shape index (κ2) is 5.43. The molecule has 2 nitrogen and oxygen atoms in total. The zero-order valence-corrected chi connectivity index (χ0v) is 12.0. The highest BCUT2D eigenvalue weighted by Crippen LogP contribution is 2.30. The number of aromatic nitrogens is 1. The van der Waals surface area contributed by atoms with E-state index in [1.165, 1.54) is 21.0 Å². The molecule has 1 aliphatic heterocycles. The Hall–Kier alpha value is -0.840. The highest BCUT2D eigenvalue weighted by Gasteiger charge is 2.15. The van der Waals surface area contributed by atoms with E-state index in [-0.39, 0.29) is 0 Å². The van der Waals surface area contributed by atoms with Crippen LogP contribution in [0.5, 0.6) is 0 Å². The van der Waals surface area contributed by atoms with Crippen molar-refractivity contribution in [3.8, 4) is 10.6 Å². The second-order valence-electron chi connectivity index (χ2n) is 4.27. The van der Waals surface area contributed by atoms with Gasteiger partial charge in [-0.15, -0.1) is 23.1 Å². The largest absolute Gasteiger partial charge is 0.311 e. The molecule has 1 aromatic carbocycles. The van der Waals surface area contributed by atoms with Crippen molar-refractivity contribution < 1.29 is 0 Å². The third-order valence-corrected chi connectivity index (χ3v) is 5.06. The summed E-state index contributed by atoms with van der Waals surface area (Å²) in [5.74, 6) is 1.12. The molecule has 0 atom stereocenters. The molecule has 2 heterocycles. The van der Waals surface area contributed by atoms with E-state index in [1.54, 1.807) is 0 Å². The van der Waals surface area contributed by atoms with Gasteiger partial charge in [-0.25, -0.2) is 4.98 Å². The minimum absolute atomic E-state index is 0.983. The number of fused-ring (bicyclic) bond motifs is 1. The summed E-state index contributed by atoms with van der Waals surface area (Å²) in [6.45, 7) is 4.22. The van der Waals surface area contributed by atoms with Crippen LogP contribution in [0.1, 0.15) is 17.5 Å². The summed E-state index contributed by atoms with van der Waals surface area (Å²) in [4.78, 5) is 7.51. The van der Waals surface area contributed by atoms with E-state index in [0.717, 1.165) is 30.3 Å². The molecule has 2 aromatic rings. The highest BCUT2D eigenvalue weighted by molar-refractivity contribution is 7.99. The summed E-state index contributed by atoms with van der Waals surface area (Å²) in [6.07, 6.45) is 1.07. The van der Waals surface area contributed by atoms with Crippen LogP contribution in [-0.2, 0) is 13.0 Å². The first-order chi connectivity index (χ1) is 8.86. The minimum atomic E-state index is 0.983. The van der Waals surface area contributed by atoms with Crippen LogP contribution in [0.2, 0.25) is 0 Å². The smallest absolute Gasteiger partial charge is 0.123 e. The summed E-state index contributed by atoms with van der Waals surface area (Å²) in [5.41, 5.74) is 2.54. The molecule has 94 valence electrons. The maximum atomic E-state index is 4.77. The Bertz CT molecular complexity index is 508. The Kier molecular flexibility index (Phi) is 3.68. The van der Waals surface area contributed by atoms with Crippen molar-refractivity contribution in [3.63, 3.8) is 0 Å². The fraction of sp³-hybridized carbons (Fsp3) is 0.357. The maximum absolute atomic E-state index is 4.77. The lowest BCUT2D eigenvalue weighted by molar-refractivity contribution is 0.644. The molecule has 0 bridgehead atoms. The highest BCUT2D eigenvalue weighted by atomic mass is 32.2. The fourth-order valence-corrected chi connectivity index (χ4v) is 3.85. The normalized spacial score (nSPS) is 14.5. The van der Waals surface area contributed by atoms with Crippen LogP contribution >= 0.6 is 23.1 Å². The van der Waals surface area contributed by atoms with Gasteiger partial charge in [-0.05, 0) is 17.9 Å². The molecule has 0 fully saturated rings. The standard InChI is InChI=1S/C14H16N2S2/c1-2-17-11-5-3-10(4-6-11)14-16-12-7-8-15-9-13(12)18-14/h3-6,15H,2,7-9H2,1H3. The zero-order chi connectivity index (χ0) is 12.4. The molecule has 0 saturated carbocycles. The second-order valence-corrected chi connectivity index (χ2v) is 6.69. The van der Waals surface area contributed by atoms with Crippen molar-refractivity contribution in [2.24, 2.45) is 0 Å². The van der Waals surface area contributed by atoms with Gasteiger partial charge in [-0.3, -0.25) is 0 Å². The average molecular weight is 276 g/mol. The number of thiazole rings is 1. The van der Waals surface area contributed by atoms with Crippen LogP contribution in [-0.4, -0.2) is 17.3 Å². The van der Waals surface area contributed by atoms with E-state index < -0.39 is 0 Å². The number of rotatable bonds is 3. The van der Waals surface area contributed by atoms with E-state index in [4.69, 9.17) is 4.98 Å². The summed E-state index contributed by atoms with van der Waals surface area (Å²) in [6, 6.07) is 8.77. The Morgan fingerprint density at radius 2 is 2.17 bits per heavy atom. The number of hydrogen-bond acceptors (Lipinski definition) is 4.